The second-order valence-electron chi connectivity index (χ2n) is 7.44. The first-order chi connectivity index (χ1) is 13.3. The number of hydrogen-bond donors (Lipinski definition) is 0. The molecule has 0 aliphatic rings. The van der Waals surface area contributed by atoms with E-state index in [1.807, 2.05) is 18.2 Å². The summed E-state index contributed by atoms with van der Waals surface area (Å²) in [6.45, 7) is 10.6. The number of fused-ring (bicyclic) bond motifs is 1. The van der Waals surface area contributed by atoms with Crippen LogP contribution in [0.15, 0.2) is 38.6 Å². The van der Waals surface area contributed by atoms with Crippen molar-refractivity contribution in [2.45, 2.75) is 59.9 Å². The standard InChI is InChI=1S/C22H27BrN4O/c1-6-7-8-21-25-20-10-9-18(23)12-19(20)22(28)27(21)24-13-17-11-15(4)26(14(2)3)16(17)5/h9-14H,6-8H2,1-5H3. The van der Waals surface area contributed by atoms with Gasteiger partial charge in [-0.3, -0.25) is 4.79 Å². The van der Waals surface area contributed by atoms with Crippen LogP contribution in [0.25, 0.3) is 10.9 Å². The minimum atomic E-state index is -0.133. The van der Waals surface area contributed by atoms with Crippen molar-refractivity contribution < 1.29 is 0 Å². The van der Waals surface area contributed by atoms with Crippen LogP contribution in [-0.2, 0) is 6.42 Å². The molecule has 3 rings (SSSR count). The van der Waals surface area contributed by atoms with Gasteiger partial charge in [-0.05, 0) is 58.4 Å². The maximum atomic E-state index is 13.1. The van der Waals surface area contributed by atoms with Crippen LogP contribution in [0.2, 0.25) is 0 Å². The third kappa shape index (κ3) is 3.97. The van der Waals surface area contributed by atoms with Crippen LogP contribution in [0.1, 0.15) is 62.4 Å². The minimum absolute atomic E-state index is 0.133. The highest BCUT2D eigenvalue weighted by molar-refractivity contribution is 9.10. The van der Waals surface area contributed by atoms with E-state index in [2.05, 4.69) is 66.3 Å². The zero-order valence-electron chi connectivity index (χ0n) is 17.2. The fraction of sp³-hybridized carbons (Fsp3) is 0.409. The lowest BCUT2D eigenvalue weighted by molar-refractivity contribution is 0.574. The maximum absolute atomic E-state index is 13.1. The van der Waals surface area contributed by atoms with E-state index in [-0.39, 0.29) is 5.56 Å². The number of aryl methyl sites for hydroxylation is 2. The van der Waals surface area contributed by atoms with Gasteiger partial charge in [0.05, 0.1) is 17.1 Å². The lowest BCUT2D eigenvalue weighted by Gasteiger charge is -2.13. The fourth-order valence-electron chi connectivity index (χ4n) is 3.66. The normalized spacial score (nSPS) is 12.0. The van der Waals surface area contributed by atoms with Gasteiger partial charge in [0, 0.05) is 33.9 Å². The molecule has 0 atom stereocenters. The zero-order chi connectivity index (χ0) is 20.4. The van der Waals surface area contributed by atoms with Gasteiger partial charge in [-0.2, -0.15) is 9.78 Å². The molecule has 0 spiro atoms. The highest BCUT2D eigenvalue weighted by Crippen LogP contribution is 2.19. The summed E-state index contributed by atoms with van der Waals surface area (Å²) in [7, 11) is 0. The predicted octanol–water partition coefficient (Wildman–Crippen LogP) is 5.38. The summed E-state index contributed by atoms with van der Waals surface area (Å²) in [6.07, 6.45) is 4.50. The predicted molar refractivity (Wildman–Crippen MR) is 120 cm³/mol. The van der Waals surface area contributed by atoms with Crippen LogP contribution in [-0.4, -0.2) is 20.4 Å². The zero-order valence-corrected chi connectivity index (χ0v) is 18.7. The van der Waals surface area contributed by atoms with E-state index in [9.17, 15) is 4.79 Å². The number of nitrogens with zero attached hydrogens (tertiary/aromatic N) is 4. The summed E-state index contributed by atoms with van der Waals surface area (Å²) in [5.74, 6) is 0.704. The van der Waals surface area contributed by atoms with E-state index in [1.165, 1.54) is 10.4 Å². The first-order valence-corrected chi connectivity index (χ1v) is 10.6. The Hall–Kier alpha value is -2.21. The highest BCUT2D eigenvalue weighted by atomic mass is 79.9. The second-order valence-corrected chi connectivity index (χ2v) is 8.36. The van der Waals surface area contributed by atoms with Crippen LogP contribution in [0.3, 0.4) is 0 Å². The molecule has 1 aromatic carbocycles. The largest absolute Gasteiger partial charge is 0.346 e. The average Bonchev–Trinajstić information content (AvgIpc) is 2.93. The Labute approximate surface area is 174 Å². The molecule has 0 fully saturated rings. The Bertz CT molecular complexity index is 1090. The van der Waals surface area contributed by atoms with Crippen molar-refractivity contribution >= 4 is 33.0 Å². The van der Waals surface area contributed by atoms with E-state index in [0.29, 0.717) is 22.8 Å². The van der Waals surface area contributed by atoms with Crippen molar-refractivity contribution in [3.63, 3.8) is 0 Å². The highest BCUT2D eigenvalue weighted by Gasteiger charge is 2.13. The Morgan fingerprint density at radius 1 is 1.25 bits per heavy atom. The van der Waals surface area contributed by atoms with Gasteiger partial charge in [-0.1, -0.05) is 29.3 Å². The molecule has 28 heavy (non-hydrogen) atoms. The van der Waals surface area contributed by atoms with E-state index in [1.54, 1.807) is 6.21 Å². The molecule has 148 valence electrons. The average molecular weight is 443 g/mol. The summed E-state index contributed by atoms with van der Waals surface area (Å²) >= 11 is 3.44. The molecule has 6 heteroatoms. The number of aromatic nitrogens is 3. The molecule has 0 saturated carbocycles. The molecule has 2 heterocycles. The van der Waals surface area contributed by atoms with E-state index < -0.39 is 0 Å². The van der Waals surface area contributed by atoms with Crippen LogP contribution >= 0.6 is 15.9 Å². The Kier molecular flexibility index (Phi) is 6.18. The number of unbranched alkanes of at least 4 members (excludes halogenated alkanes) is 1. The van der Waals surface area contributed by atoms with E-state index in [0.717, 1.165) is 35.0 Å². The van der Waals surface area contributed by atoms with Crippen molar-refractivity contribution in [1.82, 2.24) is 14.2 Å². The molecule has 0 bridgehead atoms. The molecule has 5 nitrogen and oxygen atoms in total. The number of halogens is 1. The van der Waals surface area contributed by atoms with Crippen molar-refractivity contribution in [2.24, 2.45) is 5.10 Å². The SMILES string of the molecule is CCCCc1nc2ccc(Br)cc2c(=O)n1N=Cc1cc(C)n(C(C)C)c1C. The summed E-state index contributed by atoms with van der Waals surface area (Å²) in [5, 5.41) is 5.14. The van der Waals surface area contributed by atoms with Crippen molar-refractivity contribution in [3.05, 3.63) is 61.9 Å². The third-order valence-corrected chi connectivity index (χ3v) is 5.47. The van der Waals surface area contributed by atoms with Gasteiger partial charge in [-0.15, -0.1) is 0 Å². The van der Waals surface area contributed by atoms with Gasteiger partial charge in [0.15, 0.2) is 0 Å². The summed E-state index contributed by atoms with van der Waals surface area (Å²) in [6, 6.07) is 8.09. The van der Waals surface area contributed by atoms with Gasteiger partial charge < -0.3 is 4.57 Å². The maximum Gasteiger partial charge on any atom is 0.282 e. The smallest absolute Gasteiger partial charge is 0.282 e. The molecule has 0 radical (unpaired) electrons. The summed E-state index contributed by atoms with van der Waals surface area (Å²) in [5.41, 5.74) is 3.94. The Morgan fingerprint density at radius 2 is 2.00 bits per heavy atom. The first-order valence-electron chi connectivity index (χ1n) is 9.77. The van der Waals surface area contributed by atoms with E-state index in [4.69, 9.17) is 4.98 Å². The van der Waals surface area contributed by atoms with Crippen LogP contribution in [0.5, 0.6) is 0 Å². The number of rotatable bonds is 6. The van der Waals surface area contributed by atoms with Gasteiger partial charge >= 0.3 is 0 Å². The molecular formula is C22H27BrN4O. The molecule has 0 unspecified atom stereocenters. The minimum Gasteiger partial charge on any atom is -0.346 e. The molecule has 0 N–H and O–H groups in total. The van der Waals surface area contributed by atoms with Gasteiger partial charge in [0.2, 0.25) is 0 Å². The number of hydrogen-bond acceptors (Lipinski definition) is 3. The van der Waals surface area contributed by atoms with Crippen LogP contribution in [0, 0.1) is 13.8 Å². The fourth-order valence-corrected chi connectivity index (χ4v) is 4.02. The molecule has 0 saturated heterocycles. The summed E-state index contributed by atoms with van der Waals surface area (Å²) < 4.78 is 4.60. The van der Waals surface area contributed by atoms with Crippen molar-refractivity contribution in [2.75, 3.05) is 0 Å². The topological polar surface area (TPSA) is 52.2 Å². The van der Waals surface area contributed by atoms with E-state index >= 15 is 0 Å². The third-order valence-electron chi connectivity index (χ3n) is 4.98. The lowest BCUT2D eigenvalue weighted by atomic mass is 10.2. The second kappa shape index (κ2) is 8.43. The van der Waals surface area contributed by atoms with Gasteiger partial charge in [0.25, 0.3) is 5.56 Å². The van der Waals surface area contributed by atoms with Crippen molar-refractivity contribution in [3.8, 4) is 0 Å². The Balaban J connectivity index is 2.13. The molecule has 3 aromatic rings. The quantitative estimate of drug-likeness (QED) is 0.480. The molecule has 0 amide bonds. The molecular weight excluding hydrogens is 416 g/mol. The van der Waals surface area contributed by atoms with Gasteiger partial charge in [0.1, 0.15) is 5.82 Å². The number of benzene rings is 1. The van der Waals surface area contributed by atoms with Crippen molar-refractivity contribution in [1.29, 1.82) is 0 Å². The first kappa shape index (κ1) is 20.5. The Morgan fingerprint density at radius 3 is 2.64 bits per heavy atom. The lowest BCUT2D eigenvalue weighted by Crippen LogP contribution is -2.22. The molecule has 2 aromatic heterocycles. The molecule has 0 aliphatic carbocycles. The van der Waals surface area contributed by atoms with Crippen LogP contribution < -0.4 is 5.56 Å². The summed E-state index contributed by atoms with van der Waals surface area (Å²) in [4.78, 5) is 17.9. The van der Waals surface area contributed by atoms with Crippen LogP contribution in [0.4, 0.5) is 0 Å². The monoisotopic (exact) mass is 442 g/mol. The van der Waals surface area contributed by atoms with Gasteiger partial charge in [-0.25, -0.2) is 4.98 Å². The molecule has 0 aliphatic heterocycles.